The predicted octanol–water partition coefficient (Wildman–Crippen LogP) is 4.27. The molecule has 0 N–H and O–H groups in total. The molecule has 0 aromatic carbocycles. The third-order valence-electron chi connectivity index (χ3n) is 2.92. The molecule has 0 amide bonds. The van der Waals surface area contributed by atoms with E-state index in [1.807, 2.05) is 6.08 Å². The first-order chi connectivity index (χ1) is 5.45. The average Bonchev–Trinajstić information content (AvgIpc) is 1.86. The maximum absolute atomic E-state index is 3.82. The van der Waals surface area contributed by atoms with Gasteiger partial charge in [0.15, 0.2) is 0 Å². The minimum Gasteiger partial charge on any atom is -0.103 e. The second-order valence-corrected chi connectivity index (χ2v) is 4.74. The lowest BCUT2D eigenvalue weighted by molar-refractivity contribution is 0.153. The summed E-state index contributed by atoms with van der Waals surface area (Å²) in [5, 5.41) is 0. The summed E-state index contributed by atoms with van der Waals surface area (Å²) in [5.74, 6) is 1.60. The number of hydrogen-bond acceptors (Lipinski definition) is 0. The van der Waals surface area contributed by atoms with E-state index in [2.05, 4.69) is 41.2 Å². The molecular formula is C12H24. The Labute approximate surface area is 78.1 Å². The molecule has 72 valence electrons. The van der Waals surface area contributed by atoms with Crippen molar-refractivity contribution in [1.29, 1.82) is 0 Å². The highest BCUT2D eigenvalue weighted by molar-refractivity contribution is 4.86. The Hall–Kier alpha value is -0.260. The standard InChI is InChI=1S/C12H24/c1-7-9-12(5,6)11(8-2)10(3)4/h7,10-11H,1,8-9H2,2-6H3/t11-/m1/s1. The van der Waals surface area contributed by atoms with Gasteiger partial charge in [-0.2, -0.15) is 0 Å². The van der Waals surface area contributed by atoms with Crippen LogP contribution in [0, 0.1) is 17.3 Å². The van der Waals surface area contributed by atoms with E-state index in [4.69, 9.17) is 0 Å². The van der Waals surface area contributed by atoms with Gasteiger partial charge >= 0.3 is 0 Å². The topological polar surface area (TPSA) is 0 Å². The number of rotatable bonds is 5. The fourth-order valence-electron chi connectivity index (χ4n) is 2.45. The molecule has 0 rings (SSSR count). The van der Waals surface area contributed by atoms with E-state index >= 15 is 0 Å². The Morgan fingerprint density at radius 2 is 1.83 bits per heavy atom. The van der Waals surface area contributed by atoms with Crippen LogP contribution >= 0.6 is 0 Å². The van der Waals surface area contributed by atoms with E-state index < -0.39 is 0 Å². The third-order valence-corrected chi connectivity index (χ3v) is 2.92. The van der Waals surface area contributed by atoms with Crippen LogP contribution in [-0.2, 0) is 0 Å². The Morgan fingerprint density at radius 1 is 1.33 bits per heavy atom. The molecule has 0 aliphatic rings. The summed E-state index contributed by atoms with van der Waals surface area (Å²) in [5.41, 5.74) is 0.421. The first-order valence-corrected chi connectivity index (χ1v) is 5.06. The molecule has 0 aromatic rings. The van der Waals surface area contributed by atoms with Gasteiger partial charge in [-0.05, 0) is 23.7 Å². The summed E-state index contributed by atoms with van der Waals surface area (Å²) in [6.07, 6.45) is 4.45. The smallest absolute Gasteiger partial charge is 0.0289 e. The Kier molecular flexibility index (Phi) is 4.59. The quantitative estimate of drug-likeness (QED) is 0.538. The Balaban J connectivity index is 4.35. The molecule has 0 radical (unpaired) electrons. The van der Waals surface area contributed by atoms with Gasteiger partial charge < -0.3 is 0 Å². The molecule has 12 heavy (non-hydrogen) atoms. The van der Waals surface area contributed by atoms with Crippen LogP contribution in [0.5, 0.6) is 0 Å². The normalized spacial score (nSPS) is 14.8. The minimum atomic E-state index is 0.421. The van der Waals surface area contributed by atoms with Crippen LogP contribution in [0.1, 0.15) is 47.5 Å². The third kappa shape index (κ3) is 3.00. The van der Waals surface area contributed by atoms with Crippen LogP contribution in [0.4, 0.5) is 0 Å². The van der Waals surface area contributed by atoms with Gasteiger partial charge in [0.2, 0.25) is 0 Å². The van der Waals surface area contributed by atoms with Crippen molar-refractivity contribution < 1.29 is 0 Å². The summed E-state index contributed by atoms with van der Waals surface area (Å²) >= 11 is 0. The van der Waals surface area contributed by atoms with Crippen molar-refractivity contribution in [3.05, 3.63) is 12.7 Å². The molecule has 0 saturated heterocycles. The summed E-state index contributed by atoms with van der Waals surface area (Å²) in [6, 6.07) is 0. The highest BCUT2D eigenvalue weighted by Crippen LogP contribution is 2.37. The molecule has 0 spiro atoms. The molecule has 1 atom stereocenters. The highest BCUT2D eigenvalue weighted by Gasteiger charge is 2.28. The zero-order valence-electron chi connectivity index (χ0n) is 9.35. The molecule has 0 fully saturated rings. The van der Waals surface area contributed by atoms with Gasteiger partial charge in [0.05, 0.1) is 0 Å². The second kappa shape index (κ2) is 4.69. The minimum absolute atomic E-state index is 0.421. The van der Waals surface area contributed by atoms with Crippen molar-refractivity contribution in [1.82, 2.24) is 0 Å². The van der Waals surface area contributed by atoms with Crippen molar-refractivity contribution in [3.8, 4) is 0 Å². The van der Waals surface area contributed by atoms with Crippen LogP contribution in [-0.4, -0.2) is 0 Å². The zero-order chi connectivity index (χ0) is 9.78. The summed E-state index contributed by atoms with van der Waals surface area (Å²) in [6.45, 7) is 15.4. The average molecular weight is 168 g/mol. The number of hydrogen-bond donors (Lipinski definition) is 0. The molecule has 0 heterocycles. The maximum atomic E-state index is 3.82. The largest absolute Gasteiger partial charge is 0.103 e. The van der Waals surface area contributed by atoms with E-state index in [0.717, 1.165) is 18.3 Å². The monoisotopic (exact) mass is 168 g/mol. The highest BCUT2D eigenvalue weighted by atomic mass is 14.3. The van der Waals surface area contributed by atoms with Crippen molar-refractivity contribution in [2.24, 2.45) is 17.3 Å². The number of allylic oxidation sites excluding steroid dienone is 1. The van der Waals surface area contributed by atoms with E-state index in [1.54, 1.807) is 0 Å². The molecule has 0 aliphatic heterocycles. The maximum Gasteiger partial charge on any atom is -0.0289 e. The summed E-state index contributed by atoms with van der Waals surface area (Å²) < 4.78 is 0. The van der Waals surface area contributed by atoms with E-state index in [9.17, 15) is 0 Å². The molecular weight excluding hydrogens is 144 g/mol. The van der Waals surface area contributed by atoms with Gasteiger partial charge in [0.1, 0.15) is 0 Å². The van der Waals surface area contributed by atoms with Crippen LogP contribution in [0.15, 0.2) is 12.7 Å². The van der Waals surface area contributed by atoms with Gasteiger partial charge in [-0.25, -0.2) is 0 Å². The van der Waals surface area contributed by atoms with E-state index in [1.165, 1.54) is 6.42 Å². The van der Waals surface area contributed by atoms with E-state index in [-0.39, 0.29) is 0 Å². The fraction of sp³-hybridized carbons (Fsp3) is 0.833. The van der Waals surface area contributed by atoms with Gasteiger partial charge in [0, 0.05) is 0 Å². The second-order valence-electron chi connectivity index (χ2n) is 4.74. The summed E-state index contributed by atoms with van der Waals surface area (Å²) in [4.78, 5) is 0. The van der Waals surface area contributed by atoms with Crippen LogP contribution in [0.3, 0.4) is 0 Å². The predicted molar refractivity (Wildman–Crippen MR) is 57.2 cm³/mol. The van der Waals surface area contributed by atoms with Gasteiger partial charge in [0.25, 0.3) is 0 Å². The SMILES string of the molecule is C=CCC(C)(C)[C@H](CC)C(C)C. The molecule has 0 heteroatoms. The molecule has 0 aliphatic carbocycles. The molecule has 0 unspecified atom stereocenters. The molecule has 0 bridgehead atoms. The lowest BCUT2D eigenvalue weighted by Crippen LogP contribution is -2.27. The molecule has 0 aromatic heterocycles. The van der Waals surface area contributed by atoms with Crippen molar-refractivity contribution in [3.63, 3.8) is 0 Å². The van der Waals surface area contributed by atoms with Gasteiger partial charge in [-0.15, -0.1) is 6.58 Å². The van der Waals surface area contributed by atoms with Gasteiger partial charge in [-0.1, -0.05) is 47.1 Å². The summed E-state index contributed by atoms with van der Waals surface area (Å²) in [7, 11) is 0. The van der Waals surface area contributed by atoms with Crippen LogP contribution in [0.25, 0.3) is 0 Å². The lowest BCUT2D eigenvalue weighted by atomic mass is 9.70. The molecule has 0 saturated carbocycles. The Morgan fingerprint density at radius 3 is 2.08 bits per heavy atom. The van der Waals surface area contributed by atoms with Crippen molar-refractivity contribution in [2.75, 3.05) is 0 Å². The van der Waals surface area contributed by atoms with E-state index in [0.29, 0.717) is 5.41 Å². The zero-order valence-corrected chi connectivity index (χ0v) is 9.35. The first-order valence-electron chi connectivity index (χ1n) is 5.06. The fourth-order valence-corrected chi connectivity index (χ4v) is 2.45. The van der Waals surface area contributed by atoms with Gasteiger partial charge in [-0.3, -0.25) is 0 Å². The molecule has 0 nitrogen and oxygen atoms in total. The van der Waals surface area contributed by atoms with Crippen LogP contribution in [0.2, 0.25) is 0 Å². The Bertz CT molecular complexity index is 131. The lowest BCUT2D eigenvalue weighted by Gasteiger charge is -2.36. The van der Waals surface area contributed by atoms with Crippen LogP contribution < -0.4 is 0 Å². The first kappa shape index (κ1) is 11.7. The van der Waals surface area contributed by atoms with Crippen molar-refractivity contribution in [2.45, 2.75) is 47.5 Å². The van der Waals surface area contributed by atoms with Crippen molar-refractivity contribution >= 4 is 0 Å².